The van der Waals surface area contributed by atoms with Crippen LogP contribution in [0.3, 0.4) is 0 Å². The highest BCUT2D eigenvalue weighted by atomic mass is 35.5. The quantitative estimate of drug-likeness (QED) is 0.284. The molecular formula is C26H26Cl2N4O2. The summed E-state index contributed by atoms with van der Waals surface area (Å²) in [6.45, 7) is 6.22. The molecule has 4 aromatic rings. The number of anilines is 2. The summed E-state index contributed by atoms with van der Waals surface area (Å²) in [6, 6.07) is 18.5. The molecule has 0 aliphatic rings. The van der Waals surface area contributed by atoms with Gasteiger partial charge in [0, 0.05) is 18.1 Å². The lowest BCUT2D eigenvalue weighted by atomic mass is 9.92. The Morgan fingerprint density at radius 2 is 1.79 bits per heavy atom. The Morgan fingerprint density at radius 3 is 2.53 bits per heavy atom. The average Bonchev–Trinajstić information content (AvgIpc) is 3.21. The molecule has 0 fully saturated rings. The van der Waals surface area contributed by atoms with Gasteiger partial charge in [0.1, 0.15) is 5.82 Å². The number of aliphatic hydroxyl groups excluding tert-OH is 1. The van der Waals surface area contributed by atoms with Gasteiger partial charge < -0.3 is 10.4 Å². The van der Waals surface area contributed by atoms with Gasteiger partial charge in [-0.2, -0.15) is 5.10 Å². The van der Waals surface area contributed by atoms with E-state index in [-0.39, 0.29) is 17.0 Å². The number of nitrogens with zero attached hydrogens (tertiary/aromatic N) is 2. The van der Waals surface area contributed by atoms with Crippen LogP contribution in [0, 0.1) is 0 Å². The number of rotatable bonds is 5. The van der Waals surface area contributed by atoms with E-state index in [0.717, 1.165) is 27.7 Å². The van der Waals surface area contributed by atoms with Gasteiger partial charge in [-0.25, -0.2) is 9.48 Å². The van der Waals surface area contributed by atoms with Gasteiger partial charge in [0.05, 0.1) is 27.1 Å². The Labute approximate surface area is 208 Å². The smallest absolute Gasteiger partial charge is 0.324 e. The SMILES string of the molecule is CC(C)(C)c1cc(NC(=O)Nc2cccc(Cl)c2Cl)n(-c2cc(CCO)c3ccccc3c2)n1. The molecule has 176 valence electrons. The second-order valence-corrected chi connectivity index (χ2v) is 9.84. The lowest BCUT2D eigenvalue weighted by Gasteiger charge is -2.15. The van der Waals surface area contributed by atoms with Crippen molar-refractivity contribution in [3.8, 4) is 5.69 Å². The highest BCUT2D eigenvalue weighted by Gasteiger charge is 2.22. The topological polar surface area (TPSA) is 79.2 Å². The van der Waals surface area contributed by atoms with E-state index in [9.17, 15) is 9.90 Å². The number of halogens is 2. The van der Waals surface area contributed by atoms with Crippen LogP contribution in [0.25, 0.3) is 16.5 Å². The molecule has 6 nitrogen and oxygen atoms in total. The van der Waals surface area contributed by atoms with Crippen LogP contribution < -0.4 is 10.6 Å². The predicted molar refractivity (Wildman–Crippen MR) is 140 cm³/mol. The molecule has 34 heavy (non-hydrogen) atoms. The Kier molecular flexibility index (Phi) is 6.84. The zero-order chi connectivity index (χ0) is 24.5. The van der Waals surface area contributed by atoms with Gasteiger partial charge in [-0.1, -0.05) is 74.3 Å². The third-order valence-corrected chi connectivity index (χ3v) is 6.30. The van der Waals surface area contributed by atoms with Crippen LogP contribution in [0.4, 0.5) is 16.3 Å². The fraction of sp³-hybridized carbons (Fsp3) is 0.231. The number of hydrogen-bond donors (Lipinski definition) is 3. The molecule has 0 saturated carbocycles. The van der Waals surface area contributed by atoms with Crippen molar-refractivity contribution in [1.29, 1.82) is 0 Å². The second-order valence-electron chi connectivity index (χ2n) is 9.06. The van der Waals surface area contributed by atoms with Gasteiger partial charge in [0.2, 0.25) is 0 Å². The first-order valence-electron chi connectivity index (χ1n) is 10.9. The number of aliphatic hydroxyl groups is 1. The Hall–Kier alpha value is -3.06. The number of carbonyl (C=O) groups excluding carboxylic acids is 1. The number of nitrogens with one attached hydrogen (secondary N) is 2. The number of fused-ring (bicyclic) bond motifs is 1. The van der Waals surface area contributed by atoms with Gasteiger partial charge in [-0.05, 0) is 47.0 Å². The van der Waals surface area contributed by atoms with Crippen molar-refractivity contribution < 1.29 is 9.90 Å². The van der Waals surface area contributed by atoms with E-state index >= 15 is 0 Å². The molecule has 3 aromatic carbocycles. The fourth-order valence-electron chi connectivity index (χ4n) is 3.73. The van der Waals surface area contributed by atoms with Crippen LogP contribution >= 0.6 is 23.2 Å². The highest BCUT2D eigenvalue weighted by Crippen LogP contribution is 2.31. The number of benzene rings is 3. The molecule has 1 aromatic heterocycles. The monoisotopic (exact) mass is 496 g/mol. The molecule has 0 unspecified atom stereocenters. The van der Waals surface area contributed by atoms with E-state index in [4.69, 9.17) is 28.3 Å². The van der Waals surface area contributed by atoms with Crippen molar-refractivity contribution in [2.24, 2.45) is 0 Å². The van der Waals surface area contributed by atoms with Gasteiger partial charge in [0.15, 0.2) is 0 Å². The van der Waals surface area contributed by atoms with Crippen molar-refractivity contribution in [3.05, 3.63) is 82.0 Å². The molecule has 2 amide bonds. The van der Waals surface area contributed by atoms with Crippen LogP contribution in [-0.2, 0) is 11.8 Å². The average molecular weight is 497 g/mol. The highest BCUT2D eigenvalue weighted by molar-refractivity contribution is 6.44. The fourth-order valence-corrected chi connectivity index (χ4v) is 4.07. The summed E-state index contributed by atoms with van der Waals surface area (Å²) in [7, 11) is 0. The summed E-state index contributed by atoms with van der Waals surface area (Å²) in [5, 5.41) is 22.8. The van der Waals surface area contributed by atoms with Crippen LogP contribution in [-0.4, -0.2) is 27.5 Å². The van der Waals surface area contributed by atoms with Crippen LogP contribution in [0.2, 0.25) is 10.0 Å². The van der Waals surface area contributed by atoms with E-state index in [2.05, 4.69) is 31.4 Å². The molecule has 0 radical (unpaired) electrons. The summed E-state index contributed by atoms with van der Waals surface area (Å²) >= 11 is 12.3. The molecule has 8 heteroatoms. The number of amides is 2. The molecule has 0 atom stereocenters. The molecule has 0 spiro atoms. The number of hydrogen-bond acceptors (Lipinski definition) is 3. The number of urea groups is 1. The standard InChI is InChI=1S/C26H26Cl2N4O2/c1-26(2,3)22-15-23(30-25(34)29-21-10-6-9-20(27)24(21)28)32(31-22)18-13-16-7-4-5-8-19(16)17(14-18)11-12-33/h4-10,13-15,33H,11-12H2,1-3H3,(H2,29,30,34). The van der Waals surface area contributed by atoms with Crippen LogP contribution in [0.1, 0.15) is 32.0 Å². The zero-order valence-corrected chi connectivity index (χ0v) is 20.7. The molecule has 4 rings (SSSR count). The maximum absolute atomic E-state index is 12.9. The lowest BCUT2D eigenvalue weighted by Crippen LogP contribution is -2.21. The van der Waals surface area contributed by atoms with Crippen molar-refractivity contribution in [2.75, 3.05) is 17.2 Å². The molecular weight excluding hydrogens is 471 g/mol. The first-order valence-corrected chi connectivity index (χ1v) is 11.7. The molecule has 0 aliphatic carbocycles. The van der Waals surface area contributed by atoms with Gasteiger partial charge in [0.25, 0.3) is 0 Å². The minimum Gasteiger partial charge on any atom is -0.396 e. The summed E-state index contributed by atoms with van der Waals surface area (Å²) in [4.78, 5) is 12.9. The van der Waals surface area contributed by atoms with Gasteiger partial charge in [-0.15, -0.1) is 0 Å². The van der Waals surface area contributed by atoms with E-state index in [0.29, 0.717) is 22.9 Å². The summed E-state index contributed by atoms with van der Waals surface area (Å²) in [5.41, 5.74) is 2.78. The minimum atomic E-state index is -0.470. The maximum atomic E-state index is 12.9. The van der Waals surface area contributed by atoms with E-state index in [1.807, 2.05) is 42.5 Å². The number of aromatic nitrogens is 2. The number of carbonyl (C=O) groups is 1. The van der Waals surface area contributed by atoms with Crippen LogP contribution in [0.15, 0.2) is 60.7 Å². The van der Waals surface area contributed by atoms with E-state index < -0.39 is 6.03 Å². The molecule has 0 saturated heterocycles. The van der Waals surface area contributed by atoms with Gasteiger partial charge in [-0.3, -0.25) is 5.32 Å². The van der Waals surface area contributed by atoms with E-state index in [1.165, 1.54) is 0 Å². The lowest BCUT2D eigenvalue weighted by molar-refractivity contribution is 0.262. The largest absolute Gasteiger partial charge is 0.396 e. The zero-order valence-electron chi connectivity index (χ0n) is 19.2. The third kappa shape index (κ3) is 5.04. The second kappa shape index (κ2) is 9.66. The minimum absolute atomic E-state index is 0.0354. The first-order chi connectivity index (χ1) is 16.2. The van der Waals surface area contributed by atoms with Crippen molar-refractivity contribution in [2.45, 2.75) is 32.6 Å². The van der Waals surface area contributed by atoms with Gasteiger partial charge >= 0.3 is 6.03 Å². The first kappa shape index (κ1) is 24.1. The van der Waals surface area contributed by atoms with Crippen LogP contribution in [0.5, 0.6) is 0 Å². The third-order valence-electron chi connectivity index (χ3n) is 5.48. The molecule has 0 bridgehead atoms. The summed E-state index contributed by atoms with van der Waals surface area (Å²) < 4.78 is 1.72. The van der Waals surface area contributed by atoms with Crippen molar-refractivity contribution in [1.82, 2.24) is 9.78 Å². The Morgan fingerprint density at radius 1 is 1.03 bits per heavy atom. The Bertz CT molecular complexity index is 1360. The summed E-state index contributed by atoms with van der Waals surface area (Å²) in [5.74, 6) is 0.505. The van der Waals surface area contributed by atoms with E-state index in [1.54, 1.807) is 22.9 Å². The van der Waals surface area contributed by atoms with Crippen molar-refractivity contribution >= 4 is 51.5 Å². The normalized spacial score (nSPS) is 11.6. The molecule has 1 heterocycles. The summed E-state index contributed by atoms with van der Waals surface area (Å²) in [6.07, 6.45) is 0.512. The predicted octanol–water partition coefficient (Wildman–Crippen LogP) is 6.81. The Balaban J connectivity index is 1.75. The molecule has 0 aliphatic heterocycles. The maximum Gasteiger partial charge on any atom is 0.324 e. The van der Waals surface area contributed by atoms with Crippen molar-refractivity contribution in [3.63, 3.8) is 0 Å². The molecule has 3 N–H and O–H groups in total.